The standard InChI is InChI=1S/C8H15Cl/c1-6-3-4-7(2)8(9)5-6/h6-8H,3-5H2,1-2H3/t6?,7-,8?/m0/s1. The Morgan fingerprint density at radius 1 is 1.22 bits per heavy atom. The van der Waals surface area contributed by atoms with Crippen LogP contribution in [0.2, 0.25) is 0 Å². The summed E-state index contributed by atoms with van der Waals surface area (Å²) in [5, 5.41) is 0.453. The fourth-order valence-electron chi connectivity index (χ4n) is 1.46. The zero-order chi connectivity index (χ0) is 6.85. The van der Waals surface area contributed by atoms with Crippen molar-refractivity contribution in [3.8, 4) is 0 Å². The van der Waals surface area contributed by atoms with Crippen molar-refractivity contribution in [2.75, 3.05) is 0 Å². The van der Waals surface area contributed by atoms with E-state index in [0.717, 1.165) is 11.8 Å². The third-order valence-corrected chi connectivity index (χ3v) is 2.97. The minimum atomic E-state index is 0.453. The second kappa shape index (κ2) is 2.92. The van der Waals surface area contributed by atoms with Gasteiger partial charge in [-0.05, 0) is 24.7 Å². The van der Waals surface area contributed by atoms with E-state index < -0.39 is 0 Å². The Balaban J connectivity index is 2.35. The Bertz CT molecular complexity index is 90.6. The number of hydrogen-bond acceptors (Lipinski definition) is 0. The maximum atomic E-state index is 6.06. The third-order valence-electron chi connectivity index (χ3n) is 2.36. The molecule has 0 aromatic carbocycles. The maximum Gasteiger partial charge on any atom is 0.0364 e. The maximum absolute atomic E-state index is 6.06. The Hall–Kier alpha value is 0.290. The van der Waals surface area contributed by atoms with Crippen LogP contribution in [0.5, 0.6) is 0 Å². The van der Waals surface area contributed by atoms with Crippen molar-refractivity contribution in [2.24, 2.45) is 11.8 Å². The van der Waals surface area contributed by atoms with Crippen molar-refractivity contribution in [3.05, 3.63) is 0 Å². The molecular weight excluding hydrogens is 132 g/mol. The molecule has 1 aliphatic carbocycles. The molecule has 9 heavy (non-hydrogen) atoms. The Kier molecular flexibility index (Phi) is 2.40. The lowest BCUT2D eigenvalue weighted by molar-refractivity contribution is 0.314. The van der Waals surface area contributed by atoms with Crippen LogP contribution in [0.3, 0.4) is 0 Å². The molecule has 0 aromatic rings. The van der Waals surface area contributed by atoms with Gasteiger partial charge in [-0.25, -0.2) is 0 Å². The highest BCUT2D eigenvalue weighted by atomic mass is 35.5. The van der Waals surface area contributed by atoms with Gasteiger partial charge in [-0.2, -0.15) is 0 Å². The lowest BCUT2D eigenvalue weighted by Gasteiger charge is -2.27. The van der Waals surface area contributed by atoms with Crippen LogP contribution in [0.4, 0.5) is 0 Å². The van der Waals surface area contributed by atoms with Crippen molar-refractivity contribution >= 4 is 11.6 Å². The average molecular weight is 147 g/mol. The summed E-state index contributed by atoms with van der Waals surface area (Å²) in [7, 11) is 0. The van der Waals surface area contributed by atoms with E-state index in [1.54, 1.807) is 0 Å². The molecule has 0 amide bonds. The summed E-state index contributed by atoms with van der Waals surface area (Å²) in [5.41, 5.74) is 0. The molecule has 2 unspecified atom stereocenters. The number of alkyl halides is 1. The average Bonchev–Trinajstić information content (AvgIpc) is 1.80. The number of hydrogen-bond donors (Lipinski definition) is 0. The van der Waals surface area contributed by atoms with Gasteiger partial charge >= 0.3 is 0 Å². The zero-order valence-corrected chi connectivity index (χ0v) is 6.99. The van der Waals surface area contributed by atoms with Crippen molar-refractivity contribution in [2.45, 2.75) is 38.5 Å². The largest absolute Gasteiger partial charge is 0.123 e. The molecule has 54 valence electrons. The zero-order valence-electron chi connectivity index (χ0n) is 6.23. The molecule has 1 rings (SSSR count). The topological polar surface area (TPSA) is 0 Å². The highest BCUT2D eigenvalue weighted by Crippen LogP contribution is 2.31. The van der Waals surface area contributed by atoms with Crippen LogP contribution in [-0.2, 0) is 0 Å². The van der Waals surface area contributed by atoms with Crippen LogP contribution < -0.4 is 0 Å². The molecule has 1 heteroatoms. The summed E-state index contributed by atoms with van der Waals surface area (Å²) in [6.45, 7) is 4.55. The fraction of sp³-hybridized carbons (Fsp3) is 1.00. The molecule has 1 saturated carbocycles. The summed E-state index contributed by atoms with van der Waals surface area (Å²) >= 11 is 6.06. The Labute approximate surface area is 62.6 Å². The Morgan fingerprint density at radius 3 is 2.33 bits per heavy atom. The number of rotatable bonds is 0. The minimum absolute atomic E-state index is 0.453. The molecule has 0 spiro atoms. The molecule has 0 bridgehead atoms. The van der Waals surface area contributed by atoms with Gasteiger partial charge in [0.25, 0.3) is 0 Å². The first-order valence-corrected chi connectivity index (χ1v) is 4.28. The van der Waals surface area contributed by atoms with Gasteiger partial charge in [0.05, 0.1) is 0 Å². The minimum Gasteiger partial charge on any atom is -0.123 e. The number of halogens is 1. The summed E-state index contributed by atoms with van der Waals surface area (Å²) in [4.78, 5) is 0. The van der Waals surface area contributed by atoms with Crippen LogP contribution in [0, 0.1) is 11.8 Å². The molecule has 0 heterocycles. The summed E-state index contributed by atoms with van der Waals surface area (Å²) in [5.74, 6) is 1.62. The van der Waals surface area contributed by atoms with E-state index >= 15 is 0 Å². The fourth-order valence-corrected chi connectivity index (χ4v) is 1.89. The van der Waals surface area contributed by atoms with Gasteiger partial charge in [0.15, 0.2) is 0 Å². The van der Waals surface area contributed by atoms with Crippen molar-refractivity contribution in [3.63, 3.8) is 0 Å². The van der Waals surface area contributed by atoms with Gasteiger partial charge in [-0.1, -0.05) is 20.3 Å². The molecule has 0 nitrogen and oxygen atoms in total. The monoisotopic (exact) mass is 146 g/mol. The van der Waals surface area contributed by atoms with Crippen LogP contribution in [0.15, 0.2) is 0 Å². The van der Waals surface area contributed by atoms with E-state index in [1.807, 2.05) is 0 Å². The van der Waals surface area contributed by atoms with E-state index in [0.29, 0.717) is 5.38 Å². The third kappa shape index (κ3) is 1.86. The van der Waals surface area contributed by atoms with E-state index in [1.165, 1.54) is 19.3 Å². The highest BCUT2D eigenvalue weighted by Gasteiger charge is 2.22. The van der Waals surface area contributed by atoms with Crippen LogP contribution in [0.25, 0.3) is 0 Å². The normalized spacial score (nSPS) is 45.0. The van der Waals surface area contributed by atoms with Crippen LogP contribution >= 0.6 is 11.6 Å². The molecule has 0 radical (unpaired) electrons. The predicted octanol–water partition coefficient (Wildman–Crippen LogP) is 3.05. The van der Waals surface area contributed by atoms with Crippen molar-refractivity contribution < 1.29 is 0 Å². The molecule has 1 aliphatic rings. The summed E-state index contributed by atoms with van der Waals surface area (Å²) in [6, 6.07) is 0. The molecule has 1 fully saturated rings. The Morgan fingerprint density at radius 2 is 1.89 bits per heavy atom. The quantitative estimate of drug-likeness (QED) is 0.461. The molecule has 0 aromatic heterocycles. The van der Waals surface area contributed by atoms with E-state index in [4.69, 9.17) is 11.6 Å². The van der Waals surface area contributed by atoms with Gasteiger partial charge in [0, 0.05) is 5.38 Å². The first-order valence-electron chi connectivity index (χ1n) is 3.84. The SMILES string of the molecule is CC1CC[C@H](C)C(Cl)C1. The van der Waals surface area contributed by atoms with Gasteiger partial charge in [-0.3, -0.25) is 0 Å². The smallest absolute Gasteiger partial charge is 0.0364 e. The van der Waals surface area contributed by atoms with Gasteiger partial charge in [-0.15, -0.1) is 11.6 Å². The molecule has 0 aliphatic heterocycles. The second-order valence-electron chi connectivity index (χ2n) is 3.41. The van der Waals surface area contributed by atoms with Crippen molar-refractivity contribution in [1.82, 2.24) is 0 Å². The van der Waals surface area contributed by atoms with Crippen LogP contribution in [0.1, 0.15) is 33.1 Å². The van der Waals surface area contributed by atoms with Gasteiger partial charge in [0.2, 0.25) is 0 Å². The second-order valence-corrected chi connectivity index (χ2v) is 3.97. The van der Waals surface area contributed by atoms with Crippen molar-refractivity contribution in [1.29, 1.82) is 0 Å². The lowest BCUT2D eigenvalue weighted by Crippen LogP contribution is -2.21. The summed E-state index contributed by atoms with van der Waals surface area (Å²) in [6.07, 6.45) is 3.93. The van der Waals surface area contributed by atoms with Gasteiger partial charge in [0.1, 0.15) is 0 Å². The van der Waals surface area contributed by atoms with E-state index in [-0.39, 0.29) is 0 Å². The molecule has 0 saturated heterocycles. The molecule has 0 N–H and O–H groups in total. The molecular formula is C8H15Cl. The highest BCUT2D eigenvalue weighted by molar-refractivity contribution is 6.20. The first-order chi connectivity index (χ1) is 4.20. The lowest BCUT2D eigenvalue weighted by atomic mass is 9.84. The van der Waals surface area contributed by atoms with E-state index in [9.17, 15) is 0 Å². The first kappa shape index (κ1) is 7.40. The predicted molar refractivity (Wildman–Crippen MR) is 41.8 cm³/mol. The molecule has 3 atom stereocenters. The van der Waals surface area contributed by atoms with E-state index in [2.05, 4.69) is 13.8 Å². The van der Waals surface area contributed by atoms with Crippen LogP contribution in [-0.4, -0.2) is 5.38 Å². The summed E-state index contributed by atoms with van der Waals surface area (Å²) < 4.78 is 0. The van der Waals surface area contributed by atoms with Gasteiger partial charge < -0.3 is 0 Å².